The molecule has 0 saturated carbocycles. The smallest absolute Gasteiger partial charge is 0.194 e. The summed E-state index contributed by atoms with van der Waals surface area (Å²) in [5, 5.41) is 1.77. The van der Waals surface area contributed by atoms with Gasteiger partial charge in [0.1, 0.15) is 11.6 Å². The first-order valence-corrected chi connectivity index (χ1v) is 10.9. The third kappa shape index (κ3) is 3.21. The Kier molecular flexibility index (Phi) is 4.62. The van der Waals surface area contributed by atoms with Crippen LogP contribution in [0.15, 0.2) is 97.3 Å². The van der Waals surface area contributed by atoms with E-state index in [1.54, 1.807) is 12.4 Å². The van der Waals surface area contributed by atoms with Crippen molar-refractivity contribution in [2.75, 3.05) is 0 Å². The molecule has 0 aliphatic carbocycles. The molecule has 0 saturated heterocycles. The molecule has 0 aliphatic heterocycles. The second-order valence-corrected chi connectivity index (χ2v) is 8.20. The largest absolute Gasteiger partial charge is 0.361 e. The van der Waals surface area contributed by atoms with E-state index in [9.17, 15) is 13.6 Å². The molecule has 164 valence electrons. The molecule has 34 heavy (non-hydrogen) atoms. The van der Waals surface area contributed by atoms with Crippen LogP contribution in [0.4, 0.5) is 8.78 Å². The summed E-state index contributed by atoms with van der Waals surface area (Å²) in [5.41, 5.74) is 4.90. The van der Waals surface area contributed by atoms with Crippen molar-refractivity contribution < 1.29 is 13.6 Å². The molecule has 2 aromatic heterocycles. The molecule has 0 unspecified atom stereocenters. The maximum Gasteiger partial charge on any atom is 0.194 e. The van der Waals surface area contributed by atoms with Gasteiger partial charge in [-0.25, -0.2) is 8.78 Å². The van der Waals surface area contributed by atoms with Crippen molar-refractivity contribution in [2.45, 2.75) is 0 Å². The summed E-state index contributed by atoms with van der Waals surface area (Å²) in [4.78, 5) is 20.3. The normalized spacial score (nSPS) is 11.4. The molecule has 0 bridgehead atoms. The number of H-pyrrole nitrogens is 2. The fourth-order valence-corrected chi connectivity index (χ4v) is 4.61. The second kappa shape index (κ2) is 7.81. The van der Waals surface area contributed by atoms with Gasteiger partial charge >= 0.3 is 0 Å². The van der Waals surface area contributed by atoms with Gasteiger partial charge in [-0.1, -0.05) is 36.4 Å². The maximum absolute atomic E-state index is 14.4. The second-order valence-electron chi connectivity index (χ2n) is 8.20. The third-order valence-electron chi connectivity index (χ3n) is 6.21. The first kappa shape index (κ1) is 20.1. The van der Waals surface area contributed by atoms with Crippen LogP contribution in [0, 0.1) is 11.6 Å². The quantitative estimate of drug-likeness (QED) is 0.270. The van der Waals surface area contributed by atoms with Crippen molar-refractivity contribution in [2.24, 2.45) is 0 Å². The van der Waals surface area contributed by atoms with Crippen LogP contribution < -0.4 is 0 Å². The van der Waals surface area contributed by atoms with E-state index >= 15 is 0 Å². The Morgan fingerprint density at radius 2 is 1.00 bits per heavy atom. The number of hydrogen-bond acceptors (Lipinski definition) is 1. The van der Waals surface area contributed by atoms with E-state index in [0.29, 0.717) is 22.3 Å². The Balaban J connectivity index is 1.56. The molecular formula is C29H18F2N2O. The molecule has 3 nitrogen and oxygen atoms in total. The molecule has 2 heterocycles. The zero-order chi connectivity index (χ0) is 23.2. The van der Waals surface area contributed by atoms with Crippen LogP contribution >= 0.6 is 0 Å². The van der Waals surface area contributed by atoms with Gasteiger partial charge in [0, 0.05) is 56.5 Å². The number of rotatable bonds is 4. The molecule has 6 rings (SSSR count). The summed E-state index contributed by atoms with van der Waals surface area (Å²) >= 11 is 0. The molecule has 0 fully saturated rings. The highest BCUT2D eigenvalue weighted by Crippen LogP contribution is 2.36. The van der Waals surface area contributed by atoms with Crippen LogP contribution in [0.25, 0.3) is 44.1 Å². The van der Waals surface area contributed by atoms with Crippen LogP contribution in [-0.2, 0) is 0 Å². The summed E-state index contributed by atoms with van der Waals surface area (Å²) in [6.07, 6.45) is 3.56. The Hall–Kier alpha value is -4.51. The van der Waals surface area contributed by atoms with Crippen molar-refractivity contribution >= 4 is 27.6 Å². The highest BCUT2D eigenvalue weighted by Gasteiger charge is 2.22. The van der Waals surface area contributed by atoms with Crippen molar-refractivity contribution in [1.82, 2.24) is 9.97 Å². The van der Waals surface area contributed by atoms with E-state index < -0.39 is 11.6 Å². The minimum atomic E-state index is -0.437. The first-order chi connectivity index (χ1) is 16.6. The highest BCUT2D eigenvalue weighted by molar-refractivity contribution is 6.18. The van der Waals surface area contributed by atoms with Gasteiger partial charge in [0.25, 0.3) is 0 Å². The number of halogens is 2. The summed E-state index contributed by atoms with van der Waals surface area (Å²) in [5.74, 6) is -1.18. The lowest BCUT2D eigenvalue weighted by atomic mass is 9.89. The Labute approximate surface area is 193 Å². The van der Waals surface area contributed by atoms with Crippen LogP contribution in [0.2, 0.25) is 0 Å². The zero-order valence-corrected chi connectivity index (χ0v) is 17.9. The minimum absolute atomic E-state index is 0.305. The molecule has 4 aromatic carbocycles. The third-order valence-corrected chi connectivity index (χ3v) is 6.21. The van der Waals surface area contributed by atoms with Crippen molar-refractivity contribution in [3.63, 3.8) is 0 Å². The van der Waals surface area contributed by atoms with Crippen molar-refractivity contribution in [3.05, 3.63) is 120 Å². The topological polar surface area (TPSA) is 48.6 Å². The van der Waals surface area contributed by atoms with Crippen LogP contribution in [-0.4, -0.2) is 15.8 Å². The van der Waals surface area contributed by atoms with Crippen molar-refractivity contribution in [3.8, 4) is 22.3 Å². The lowest BCUT2D eigenvalue weighted by molar-refractivity contribution is 0.104. The standard InChI is InChI=1S/C29H18F2N2O/c30-17-9-11-21(23(13-17)25-15-32-27-7-3-1-5-19(25)27)29(34)22-12-10-18(31)14-24(22)26-16-33-28-8-4-2-6-20(26)28/h1-16,32-33H. The number of nitrogens with one attached hydrogen (secondary N) is 2. The molecule has 0 atom stereocenters. The van der Waals surface area contributed by atoms with Crippen molar-refractivity contribution in [1.29, 1.82) is 0 Å². The predicted octanol–water partition coefficient (Wildman–Crippen LogP) is 7.49. The summed E-state index contributed by atoms with van der Waals surface area (Å²) < 4.78 is 28.7. The molecule has 0 radical (unpaired) electrons. The highest BCUT2D eigenvalue weighted by atomic mass is 19.1. The SMILES string of the molecule is O=C(c1ccc(F)cc1-c1c[nH]c2ccccc12)c1ccc(F)cc1-c1c[nH]c2ccccc12. The number of ketones is 1. The Morgan fingerprint density at radius 1 is 0.559 bits per heavy atom. The Bertz CT molecular complexity index is 1590. The molecule has 5 heteroatoms. The predicted molar refractivity (Wildman–Crippen MR) is 131 cm³/mol. The van der Waals surface area contributed by atoms with Crippen LogP contribution in [0.1, 0.15) is 15.9 Å². The summed E-state index contributed by atoms with van der Waals surface area (Å²) in [6.45, 7) is 0. The molecule has 0 amide bonds. The van der Waals surface area contributed by atoms with Gasteiger partial charge < -0.3 is 9.97 Å². The minimum Gasteiger partial charge on any atom is -0.361 e. The lowest BCUT2D eigenvalue weighted by Crippen LogP contribution is -2.06. The average molecular weight is 448 g/mol. The zero-order valence-electron chi connectivity index (χ0n) is 17.9. The van der Waals surface area contributed by atoms with Gasteiger partial charge in [0.05, 0.1) is 0 Å². The number of fused-ring (bicyclic) bond motifs is 2. The van der Waals surface area contributed by atoms with E-state index in [4.69, 9.17) is 0 Å². The Morgan fingerprint density at radius 3 is 1.47 bits per heavy atom. The number of aromatic nitrogens is 2. The fourth-order valence-electron chi connectivity index (χ4n) is 4.61. The van der Waals surface area contributed by atoms with Gasteiger partial charge in [-0.05, 0) is 59.7 Å². The van der Waals surface area contributed by atoms with Gasteiger partial charge in [-0.15, -0.1) is 0 Å². The van der Waals surface area contributed by atoms with Gasteiger partial charge in [0.2, 0.25) is 0 Å². The number of aromatic amines is 2. The van der Waals surface area contributed by atoms with E-state index in [-0.39, 0.29) is 5.78 Å². The number of benzene rings is 4. The van der Waals surface area contributed by atoms with Gasteiger partial charge in [0.15, 0.2) is 5.78 Å². The molecular weight excluding hydrogens is 430 g/mol. The van der Waals surface area contributed by atoms with Gasteiger partial charge in [-0.3, -0.25) is 4.79 Å². The molecule has 0 spiro atoms. The lowest BCUT2D eigenvalue weighted by Gasteiger charge is -2.12. The fraction of sp³-hybridized carbons (Fsp3) is 0. The maximum atomic E-state index is 14.4. The monoisotopic (exact) mass is 448 g/mol. The van der Waals surface area contributed by atoms with Crippen LogP contribution in [0.5, 0.6) is 0 Å². The number of carbonyl (C=O) groups excluding carboxylic acids is 1. The first-order valence-electron chi connectivity index (χ1n) is 10.9. The number of hydrogen-bond donors (Lipinski definition) is 2. The van der Waals surface area contributed by atoms with E-state index in [2.05, 4.69) is 9.97 Å². The summed E-state index contributed by atoms with van der Waals surface area (Å²) in [6, 6.07) is 23.6. The number of carbonyl (C=O) groups is 1. The average Bonchev–Trinajstić information content (AvgIpc) is 3.48. The van der Waals surface area contributed by atoms with E-state index in [1.807, 2.05) is 48.5 Å². The van der Waals surface area contributed by atoms with Gasteiger partial charge in [-0.2, -0.15) is 0 Å². The molecule has 6 aromatic rings. The van der Waals surface area contributed by atoms with Crippen LogP contribution in [0.3, 0.4) is 0 Å². The van der Waals surface area contributed by atoms with E-state index in [0.717, 1.165) is 32.9 Å². The van der Waals surface area contributed by atoms with E-state index in [1.165, 1.54) is 36.4 Å². The summed E-state index contributed by atoms with van der Waals surface area (Å²) in [7, 11) is 0. The molecule has 0 aliphatic rings. The molecule has 2 N–H and O–H groups in total. The number of para-hydroxylation sites is 2.